The van der Waals surface area contributed by atoms with Crippen molar-refractivity contribution in [3.8, 4) is 22.7 Å². The number of aromatic nitrogens is 1. The zero-order valence-electron chi connectivity index (χ0n) is 18.7. The molecular formula is C24H24ClFNNaO3. The number of aromatic carboxylic acids is 1. The molecule has 0 spiro atoms. The SMILES string of the molecule is Cc1ccc(-c2cc(Cl)ccc2OCC2CCCC2)n1-c1ccc(F)c(C(=O)O)c1.[H-].[Na+]. The summed E-state index contributed by atoms with van der Waals surface area (Å²) in [6.07, 6.45) is 4.87. The van der Waals surface area contributed by atoms with Crippen molar-refractivity contribution in [3.05, 3.63) is 70.6 Å². The van der Waals surface area contributed by atoms with Gasteiger partial charge in [0.1, 0.15) is 11.6 Å². The minimum atomic E-state index is -1.30. The molecule has 1 N–H and O–H groups in total. The van der Waals surface area contributed by atoms with E-state index in [2.05, 4.69) is 0 Å². The number of carboxylic acids is 1. The zero-order valence-corrected chi connectivity index (χ0v) is 20.5. The predicted molar refractivity (Wildman–Crippen MR) is 116 cm³/mol. The van der Waals surface area contributed by atoms with Crippen molar-refractivity contribution >= 4 is 17.6 Å². The van der Waals surface area contributed by atoms with Crippen molar-refractivity contribution < 1.29 is 50.0 Å². The average Bonchev–Trinajstić information content (AvgIpc) is 3.37. The summed E-state index contributed by atoms with van der Waals surface area (Å²) in [6.45, 7) is 2.57. The van der Waals surface area contributed by atoms with Gasteiger partial charge in [-0.1, -0.05) is 24.4 Å². The summed E-state index contributed by atoms with van der Waals surface area (Å²) >= 11 is 6.29. The van der Waals surface area contributed by atoms with Crippen LogP contribution in [-0.4, -0.2) is 22.2 Å². The molecule has 0 aliphatic heterocycles. The number of nitrogens with zero attached hydrogens (tertiary/aromatic N) is 1. The fourth-order valence-corrected chi connectivity index (χ4v) is 4.29. The van der Waals surface area contributed by atoms with Crippen molar-refractivity contribution in [1.29, 1.82) is 0 Å². The van der Waals surface area contributed by atoms with Crippen molar-refractivity contribution in [2.75, 3.05) is 6.61 Å². The topological polar surface area (TPSA) is 51.5 Å². The smallest absolute Gasteiger partial charge is 1.00 e. The Balaban J connectivity index is 0.00000181. The Bertz CT molecular complexity index is 1100. The molecule has 1 heterocycles. The first-order valence-electron chi connectivity index (χ1n) is 10.1. The molecule has 0 saturated heterocycles. The van der Waals surface area contributed by atoms with E-state index in [4.69, 9.17) is 16.3 Å². The number of hydrogen-bond acceptors (Lipinski definition) is 2. The van der Waals surface area contributed by atoms with E-state index in [-0.39, 0.29) is 36.5 Å². The van der Waals surface area contributed by atoms with E-state index in [1.165, 1.54) is 37.8 Å². The minimum Gasteiger partial charge on any atom is -1.00 e. The molecule has 0 amide bonds. The normalized spacial score (nSPS) is 13.8. The van der Waals surface area contributed by atoms with Crippen LogP contribution in [0.3, 0.4) is 0 Å². The van der Waals surface area contributed by atoms with Crippen LogP contribution in [0.2, 0.25) is 5.02 Å². The quantitative estimate of drug-likeness (QED) is 0.582. The molecule has 158 valence electrons. The van der Waals surface area contributed by atoms with Crippen molar-refractivity contribution in [3.63, 3.8) is 0 Å². The second-order valence-electron chi connectivity index (χ2n) is 7.77. The summed E-state index contributed by atoms with van der Waals surface area (Å²) in [6, 6.07) is 13.5. The van der Waals surface area contributed by atoms with Crippen molar-refractivity contribution in [1.82, 2.24) is 4.57 Å². The number of carboxylic acid groups (broad SMARTS) is 1. The first-order chi connectivity index (χ1) is 14.4. The summed E-state index contributed by atoms with van der Waals surface area (Å²) < 4.78 is 22.0. The van der Waals surface area contributed by atoms with Crippen LogP contribution in [0.1, 0.15) is 43.2 Å². The Morgan fingerprint density at radius 2 is 1.94 bits per heavy atom. The summed E-state index contributed by atoms with van der Waals surface area (Å²) in [5.41, 5.74) is 2.70. The van der Waals surface area contributed by atoms with Gasteiger partial charge in [-0.05, 0) is 74.2 Å². The fraction of sp³-hybridized carbons (Fsp3) is 0.292. The van der Waals surface area contributed by atoms with Gasteiger partial charge in [0.2, 0.25) is 0 Å². The van der Waals surface area contributed by atoms with Gasteiger partial charge in [0.25, 0.3) is 0 Å². The molecule has 7 heteroatoms. The number of hydrogen-bond donors (Lipinski definition) is 1. The largest absolute Gasteiger partial charge is 1.00 e. The third kappa shape index (κ3) is 5.17. The van der Waals surface area contributed by atoms with Gasteiger partial charge in [-0.2, -0.15) is 0 Å². The predicted octanol–water partition coefficient (Wildman–Crippen LogP) is 3.63. The van der Waals surface area contributed by atoms with E-state index >= 15 is 0 Å². The Labute approximate surface area is 209 Å². The van der Waals surface area contributed by atoms with Crippen LogP contribution in [0.15, 0.2) is 48.5 Å². The number of halogens is 2. The van der Waals surface area contributed by atoms with Gasteiger partial charge in [0.15, 0.2) is 0 Å². The molecular weight excluding hydrogens is 428 g/mol. The Morgan fingerprint density at radius 3 is 2.65 bits per heavy atom. The second-order valence-corrected chi connectivity index (χ2v) is 8.20. The molecule has 31 heavy (non-hydrogen) atoms. The molecule has 1 aromatic heterocycles. The van der Waals surface area contributed by atoms with Crippen LogP contribution in [0, 0.1) is 18.7 Å². The maximum absolute atomic E-state index is 13.9. The standard InChI is InChI=1S/C24H23ClFNO3.Na.H/c1-15-6-10-22(27(15)18-8-9-21(26)19(13-18)24(28)29)20-12-17(25)7-11-23(20)30-14-16-4-2-3-5-16;;/h6-13,16H,2-5,14H2,1H3,(H,28,29);;/q;+1;-1. The van der Waals surface area contributed by atoms with Crippen LogP contribution in [-0.2, 0) is 0 Å². The van der Waals surface area contributed by atoms with Gasteiger partial charge in [-0.25, -0.2) is 9.18 Å². The van der Waals surface area contributed by atoms with Gasteiger partial charge >= 0.3 is 35.5 Å². The summed E-state index contributed by atoms with van der Waals surface area (Å²) in [7, 11) is 0. The Kier molecular flexibility index (Phi) is 7.87. The number of carbonyl (C=O) groups is 1. The first-order valence-corrected chi connectivity index (χ1v) is 10.5. The Morgan fingerprint density at radius 1 is 1.19 bits per heavy atom. The number of ether oxygens (including phenoxy) is 1. The van der Waals surface area contributed by atoms with E-state index in [0.717, 1.165) is 22.7 Å². The molecule has 0 unspecified atom stereocenters. The van der Waals surface area contributed by atoms with Gasteiger partial charge in [0, 0.05) is 22.0 Å². The second kappa shape index (κ2) is 10.2. The average molecular weight is 452 g/mol. The molecule has 0 radical (unpaired) electrons. The van der Waals surface area contributed by atoms with E-state index in [1.807, 2.05) is 35.8 Å². The number of rotatable bonds is 6. The van der Waals surface area contributed by atoms with Crippen molar-refractivity contribution in [2.45, 2.75) is 32.6 Å². The van der Waals surface area contributed by atoms with E-state index in [9.17, 15) is 14.3 Å². The minimum absolute atomic E-state index is 0. The van der Waals surface area contributed by atoms with Gasteiger partial charge in [-0.15, -0.1) is 0 Å². The van der Waals surface area contributed by atoms with Gasteiger partial charge < -0.3 is 15.8 Å². The molecule has 3 aromatic rings. The monoisotopic (exact) mass is 451 g/mol. The third-order valence-electron chi connectivity index (χ3n) is 5.68. The molecule has 1 saturated carbocycles. The zero-order chi connectivity index (χ0) is 21.3. The van der Waals surface area contributed by atoms with Gasteiger partial charge in [-0.3, -0.25) is 0 Å². The van der Waals surface area contributed by atoms with Crippen molar-refractivity contribution in [2.24, 2.45) is 5.92 Å². The fourth-order valence-electron chi connectivity index (χ4n) is 4.12. The molecule has 1 aliphatic carbocycles. The maximum Gasteiger partial charge on any atom is 1.00 e. The molecule has 1 fully saturated rings. The Hall–Kier alpha value is -1.79. The maximum atomic E-state index is 13.9. The van der Waals surface area contributed by atoms with Crippen LogP contribution in [0.4, 0.5) is 4.39 Å². The molecule has 1 aliphatic rings. The van der Waals surface area contributed by atoms with Crippen LogP contribution < -0.4 is 34.3 Å². The molecule has 4 rings (SSSR count). The molecule has 0 atom stereocenters. The van der Waals surface area contributed by atoms with E-state index in [1.54, 1.807) is 12.1 Å². The van der Waals surface area contributed by atoms with Crippen LogP contribution >= 0.6 is 11.6 Å². The summed E-state index contributed by atoms with van der Waals surface area (Å²) in [5.74, 6) is -0.770. The third-order valence-corrected chi connectivity index (χ3v) is 5.92. The summed E-state index contributed by atoms with van der Waals surface area (Å²) in [5, 5.41) is 9.89. The molecule has 2 aromatic carbocycles. The van der Waals surface area contributed by atoms with E-state index in [0.29, 0.717) is 23.2 Å². The van der Waals surface area contributed by atoms with Gasteiger partial charge in [0.05, 0.1) is 17.9 Å². The number of aryl methyl sites for hydroxylation is 1. The molecule has 0 bridgehead atoms. The van der Waals surface area contributed by atoms with E-state index < -0.39 is 11.8 Å². The van der Waals surface area contributed by atoms with Crippen LogP contribution in [0.5, 0.6) is 5.75 Å². The van der Waals surface area contributed by atoms with Crippen LogP contribution in [0.25, 0.3) is 16.9 Å². The summed E-state index contributed by atoms with van der Waals surface area (Å²) in [4.78, 5) is 11.4. The number of benzene rings is 2. The first kappa shape index (κ1) is 23.9. The molecule has 4 nitrogen and oxygen atoms in total.